The quantitative estimate of drug-likeness (QED) is 0.433. The molecule has 0 radical (unpaired) electrons. The predicted octanol–water partition coefficient (Wildman–Crippen LogP) is 6.12. The zero-order valence-electron chi connectivity index (χ0n) is 13.8. The van der Waals surface area contributed by atoms with Crippen molar-refractivity contribution in [2.24, 2.45) is 0 Å². The van der Waals surface area contributed by atoms with Crippen molar-refractivity contribution in [1.82, 2.24) is 4.98 Å². The number of hydrogen-bond acceptors (Lipinski definition) is 1. The Bertz CT molecular complexity index is 1040. The van der Waals surface area contributed by atoms with Gasteiger partial charge in [0.05, 0.1) is 5.92 Å². The molecule has 4 aromatic rings. The molecule has 0 saturated carbocycles. The number of hydrogen-bond donors (Lipinski definition) is 2. The van der Waals surface area contributed by atoms with Crippen molar-refractivity contribution in [3.63, 3.8) is 0 Å². The van der Waals surface area contributed by atoms with Crippen LogP contribution >= 0.6 is 15.9 Å². The molecule has 25 heavy (non-hydrogen) atoms. The maximum atomic E-state index is 10.5. The van der Waals surface area contributed by atoms with Gasteiger partial charge < -0.3 is 10.1 Å². The van der Waals surface area contributed by atoms with E-state index in [-0.39, 0.29) is 5.92 Å². The molecule has 0 fully saturated rings. The van der Waals surface area contributed by atoms with Crippen molar-refractivity contribution in [2.45, 2.75) is 12.8 Å². The van der Waals surface area contributed by atoms with E-state index in [2.05, 4.69) is 52.1 Å². The lowest BCUT2D eigenvalue weighted by Gasteiger charge is -2.19. The van der Waals surface area contributed by atoms with Crippen LogP contribution in [0.2, 0.25) is 0 Å². The molecule has 0 aliphatic heterocycles. The molecule has 3 aromatic carbocycles. The molecule has 0 bridgehead atoms. The molecule has 0 aliphatic carbocycles. The summed E-state index contributed by atoms with van der Waals surface area (Å²) in [6.07, 6.45) is 0. The minimum Gasteiger partial charge on any atom is -0.508 e. The van der Waals surface area contributed by atoms with E-state index in [1.807, 2.05) is 42.5 Å². The molecule has 0 saturated heterocycles. The van der Waals surface area contributed by atoms with E-state index >= 15 is 0 Å². The normalized spacial score (nSPS) is 12.4. The molecule has 2 N–H and O–H groups in total. The number of fused-ring (bicyclic) bond motifs is 1. The van der Waals surface area contributed by atoms with Crippen LogP contribution in [0.5, 0.6) is 5.75 Å². The van der Waals surface area contributed by atoms with Crippen LogP contribution in [0.25, 0.3) is 10.9 Å². The van der Waals surface area contributed by atoms with E-state index < -0.39 is 0 Å². The van der Waals surface area contributed by atoms with Gasteiger partial charge in [0.1, 0.15) is 5.75 Å². The van der Waals surface area contributed by atoms with Crippen molar-refractivity contribution in [3.05, 3.63) is 99.7 Å². The molecule has 1 unspecified atom stereocenters. The van der Waals surface area contributed by atoms with Gasteiger partial charge in [0.15, 0.2) is 0 Å². The number of phenolic OH excluding ortho intramolecular Hbond substituents is 1. The molecule has 2 nitrogen and oxygen atoms in total. The van der Waals surface area contributed by atoms with Crippen molar-refractivity contribution in [2.75, 3.05) is 0 Å². The van der Waals surface area contributed by atoms with Gasteiger partial charge in [-0.3, -0.25) is 0 Å². The van der Waals surface area contributed by atoms with Gasteiger partial charge in [0, 0.05) is 26.6 Å². The molecule has 124 valence electrons. The Kier molecular flexibility index (Phi) is 4.10. The number of halogens is 1. The van der Waals surface area contributed by atoms with Crippen LogP contribution in [0.1, 0.15) is 28.3 Å². The highest BCUT2D eigenvalue weighted by atomic mass is 79.9. The minimum absolute atomic E-state index is 0.0476. The number of aromatic hydroxyl groups is 1. The fourth-order valence-electron chi connectivity index (χ4n) is 3.49. The Morgan fingerprint density at radius 1 is 0.920 bits per heavy atom. The third-order valence-electron chi connectivity index (χ3n) is 4.73. The number of benzene rings is 3. The maximum Gasteiger partial charge on any atom is 0.119 e. The molecule has 4 rings (SSSR count). The molecular weight excluding hydrogens is 374 g/mol. The molecule has 0 aliphatic rings. The summed E-state index contributed by atoms with van der Waals surface area (Å²) in [5.41, 5.74) is 5.47. The van der Waals surface area contributed by atoms with Crippen LogP contribution in [0.3, 0.4) is 0 Å². The highest BCUT2D eigenvalue weighted by Crippen LogP contribution is 2.39. The van der Waals surface area contributed by atoms with Crippen LogP contribution in [0.15, 0.2) is 77.3 Å². The van der Waals surface area contributed by atoms with Crippen LogP contribution in [0.4, 0.5) is 0 Å². The van der Waals surface area contributed by atoms with E-state index in [1.54, 1.807) is 6.07 Å². The Balaban J connectivity index is 1.99. The lowest BCUT2D eigenvalue weighted by Crippen LogP contribution is -2.05. The summed E-state index contributed by atoms with van der Waals surface area (Å²) in [4.78, 5) is 3.58. The first kappa shape index (κ1) is 16.0. The number of aromatic amines is 1. The Morgan fingerprint density at radius 2 is 1.64 bits per heavy atom. The largest absolute Gasteiger partial charge is 0.508 e. The Labute approximate surface area is 155 Å². The lowest BCUT2D eigenvalue weighted by molar-refractivity contribution is 0.467. The minimum atomic E-state index is -0.0476. The topological polar surface area (TPSA) is 36.0 Å². The third-order valence-corrected chi connectivity index (χ3v) is 5.22. The first-order chi connectivity index (χ1) is 12.1. The number of H-pyrrole nitrogens is 1. The van der Waals surface area contributed by atoms with Crippen molar-refractivity contribution in [1.29, 1.82) is 0 Å². The summed E-state index contributed by atoms with van der Waals surface area (Å²) in [6.45, 7) is 2.14. The van der Waals surface area contributed by atoms with Crippen molar-refractivity contribution < 1.29 is 5.11 Å². The number of rotatable bonds is 3. The second kappa shape index (κ2) is 6.41. The molecule has 3 heteroatoms. The van der Waals surface area contributed by atoms with Crippen LogP contribution in [0, 0.1) is 6.92 Å². The van der Waals surface area contributed by atoms with Gasteiger partial charge in [-0.25, -0.2) is 0 Å². The summed E-state index contributed by atoms with van der Waals surface area (Å²) in [6, 6.07) is 24.1. The number of aryl methyl sites for hydroxylation is 1. The predicted molar refractivity (Wildman–Crippen MR) is 106 cm³/mol. The summed E-state index contributed by atoms with van der Waals surface area (Å²) >= 11 is 3.56. The molecular formula is C22H18BrNO. The average Bonchev–Trinajstić information content (AvgIpc) is 2.94. The highest BCUT2D eigenvalue weighted by molar-refractivity contribution is 9.10. The molecule has 0 spiro atoms. The van der Waals surface area contributed by atoms with Gasteiger partial charge in [-0.1, -0.05) is 64.5 Å². The van der Waals surface area contributed by atoms with Gasteiger partial charge in [0.25, 0.3) is 0 Å². The Morgan fingerprint density at radius 3 is 2.40 bits per heavy atom. The lowest BCUT2D eigenvalue weighted by atomic mass is 9.86. The second-order valence-corrected chi connectivity index (χ2v) is 7.17. The van der Waals surface area contributed by atoms with Crippen molar-refractivity contribution >= 4 is 26.8 Å². The fourth-order valence-corrected chi connectivity index (χ4v) is 3.85. The van der Waals surface area contributed by atoms with Gasteiger partial charge >= 0.3 is 0 Å². The number of para-hydroxylation sites is 1. The average molecular weight is 392 g/mol. The number of phenols is 1. The maximum absolute atomic E-state index is 10.5. The monoisotopic (exact) mass is 391 g/mol. The van der Waals surface area contributed by atoms with Gasteiger partial charge in [-0.15, -0.1) is 0 Å². The third kappa shape index (κ3) is 2.85. The fraction of sp³-hybridized carbons (Fsp3) is 0.0909. The van der Waals surface area contributed by atoms with E-state index in [4.69, 9.17) is 0 Å². The summed E-state index contributed by atoms with van der Waals surface area (Å²) in [5, 5.41) is 11.7. The summed E-state index contributed by atoms with van der Waals surface area (Å²) in [5.74, 6) is 0.268. The van der Waals surface area contributed by atoms with Crippen LogP contribution < -0.4 is 0 Å². The first-order valence-corrected chi connectivity index (χ1v) is 9.05. The summed E-state index contributed by atoms with van der Waals surface area (Å²) in [7, 11) is 0. The van der Waals surface area contributed by atoms with E-state index in [1.165, 1.54) is 10.9 Å². The molecule has 1 atom stereocenters. The number of aromatic nitrogens is 1. The number of nitrogens with one attached hydrogen (secondary N) is 1. The Hall–Kier alpha value is -2.52. The standard InChI is InChI=1S/C22H18BrNO/c1-14-18-13-16(23)11-12-19(18)24-22(14)21(15-7-3-2-4-8-15)17-9-5-6-10-20(17)25/h2-13,21,24-25H,1H3. The molecule has 1 heterocycles. The summed E-state index contributed by atoms with van der Waals surface area (Å²) < 4.78 is 1.06. The zero-order valence-corrected chi connectivity index (χ0v) is 15.4. The first-order valence-electron chi connectivity index (χ1n) is 8.25. The van der Waals surface area contributed by atoms with Crippen molar-refractivity contribution in [3.8, 4) is 5.75 Å². The van der Waals surface area contributed by atoms with Gasteiger partial charge in [-0.2, -0.15) is 0 Å². The van der Waals surface area contributed by atoms with E-state index in [9.17, 15) is 5.11 Å². The zero-order chi connectivity index (χ0) is 17.4. The van der Waals surface area contributed by atoms with E-state index in [0.717, 1.165) is 26.8 Å². The molecule has 0 amide bonds. The molecule has 1 aromatic heterocycles. The van der Waals surface area contributed by atoms with Crippen LogP contribution in [-0.4, -0.2) is 10.1 Å². The van der Waals surface area contributed by atoms with Crippen LogP contribution in [-0.2, 0) is 0 Å². The second-order valence-electron chi connectivity index (χ2n) is 6.26. The van der Waals surface area contributed by atoms with Gasteiger partial charge in [-0.05, 0) is 42.3 Å². The highest BCUT2D eigenvalue weighted by Gasteiger charge is 2.24. The smallest absolute Gasteiger partial charge is 0.119 e. The SMILES string of the molecule is Cc1c(C(c2ccccc2)c2ccccc2O)[nH]c2ccc(Br)cc12. The van der Waals surface area contributed by atoms with E-state index in [0.29, 0.717) is 5.75 Å². The van der Waals surface area contributed by atoms with Gasteiger partial charge in [0.2, 0.25) is 0 Å².